The van der Waals surface area contributed by atoms with Crippen LogP contribution in [-0.4, -0.2) is 27.2 Å². The van der Waals surface area contributed by atoms with E-state index in [-0.39, 0.29) is 0 Å². The van der Waals surface area contributed by atoms with Gasteiger partial charge in [-0.3, -0.25) is 9.98 Å². The zero-order valence-electron chi connectivity index (χ0n) is 18.1. The minimum absolute atomic E-state index is 0.531. The highest BCUT2D eigenvalue weighted by Gasteiger charge is 2.18. The van der Waals surface area contributed by atoms with E-state index in [0.29, 0.717) is 17.1 Å². The summed E-state index contributed by atoms with van der Waals surface area (Å²) >= 11 is 6.59. The summed E-state index contributed by atoms with van der Waals surface area (Å²) in [6, 6.07) is 9.59. The van der Waals surface area contributed by atoms with Crippen LogP contribution in [0.15, 0.2) is 59.5 Å². The van der Waals surface area contributed by atoms with E-state index in [1.165, 1.54) is 0 Å². The fourth-order valence-electron chi connectivity index (χ4n) is 3.51. The molecule has 2 aromatic heterocycles. The average molecular weight is 443 g/mol. The van der Waals surface area contributed by atoms with Gasteiger partial charge < -0.3 is 5.32 Å². The molecule has 3 heterocycles. The van der Waals surface area contributed by atoms with Gasteiger partial charge in [0.25, 0.3) is 0 Å². The number of hydrogen-bond acceptors (Lipinski definition) is 5. The van der Waals surface area contributed by atoms with E-state index in [1.54, 1.807) is 12.3 Å². The first-order chi connectivity index (χ1) is 15.5. The highest BCUT2D eigenvalue weighted by molar-refractivity contribution is 6.33. The van der Waals surface area contributed by atoms with Gasteiger partial charge in [0.2, 0.25) is 5.69 Å². The van der Waals surface area contributed by atoms with Crippen molar-refractivity contribution < 1.29 is 0 Å². The van der Waals surface area contributed by atoms with Crippen molar-refractivity contribution in [1.82, 2.24) is 15.0 Å². The molecule has 7 heteroatoms. The van der Waals surface area contributed by atoms with Crippen LogP contribution in [0.1, 0.15) is 36.7 Å². The van der Waals surface area contributed by atoms with Crippen molar-refractivity contribution in [3.63, 3.8) is 0 Å². The molecule has 0 radical (unpaired) electrons. The number of aromatic nitrogens is 3. The Morgan fingerprint density at radius 2 is 1.97 bits per heavy atom. The predicted octanol–water partition coefficient (Wildman–Crippen LogP) is 6.19. The maximum absolute atomic E-state index is 6.99. The summed E-state index contributed by atoms with van der Waals surface area (Å²) in [5, 5.41) is 3.95. The molecule has 1 aliphatic heterocycles. The van der Waals surface area contributed by atoms with Crippen molar-refractivity contribution >= 4 is 28.8 Å². The number of aliphatic imine (C=N–C) groups is 1. The summed E-state index contributed by atoms with van der Waals surface area (Å²) in [6.07, 6.45) is 7.87. The van der Waals surface area contributed by atoms with Crippen molar-refractivity contribution in [3.8, 4) is 11.3 Å². The van der Waals surface area contributed by atoms with Gasteiger partial charge in [-0.15, -0.1) is 0 Å². The second-order valence-electron chi connectivity index (χ2n) is 7.68. The Bertz CT molecular complexity index is 1240. The quantitative estimate of drug-likeness (QED) is 0.349. The molecule has 0 atom stereocenters. The highest BCUT2D eigenvalue weighted by Crippen LogP contribution is 2.32. The van der Waals surface area contributed by atoms with E-state index in [2.05, 4.69) is 31.2 Å². The highest BCUT2D eigenvalue weighted by atomic mass is 35.5. The minimum atomic E-state index is 0.531. The Morgan fingerprint density at radius 3 is 2.66 bits per heavy atom. The summed E-state index contributed by atoms with van der Waals surface area (Å²) in [5.41, 5.74) is 6.26. The standard InChI is InChI=1S/C25H23ClN6/c1-16-6-9-19(21(26)13-16)25-20(22-10-7-17(2)31-22)15-30-24(32-25)5-4-12-28-23-11-8-18(27-3)14-29-23/h6-9,11,13-15H,4-5,10,12H2,1-2H3,(H,28,29). The molecular formula is C25H23ClN6. The Kier molecular flexibility index (Phi) is 6.58. The summed E-state index contributed by atoms with van der Waals surface area (Å²) in [6.45, 7) is 11.7. The van der Waals surface area contributed by atoms with Crippen molar-refractivity contribution in [2.45, 2.75) is 33.1 Å². The first-order valence-electron chi connectivity index (χ1n) is 10.5. The van der Waals surface area contributed by atoms with E-state index in [4.69, 9.17) is 23.2 Å². The number of halogens is 1. The van der Waals surface area contributed by atoms with Crippen LogP contribution in [0.3, 0.4) is 0 Å². The molecule has 3 aromatic rings. The third-order valence-electron chi connectivity index (χ3n) is 5.19. The van der Waals surface area contributed by atoms with Crippen molar-refractivity contribution in [3.05, 3.63) is 87.9 Å². The number of rotatable bonds is 7. The van der Waals surface area contributed by atoms with Crippen LogP contribution in [0.25, 0.3) is 16.1 Å². The molecule has 6 nitrogen and oxygen atoms in total. The molecule has 0 fully saturated rings. The minimum Gasteiger partial charge on any atom is -0.370 e. The van der Waals surface area contributed by atoms with Crippen LogP contribution < -0.4 is 5.32 Å². The lowest BCUT2D eigenvalue weighted by atomic mass is 10.0. The van der Waals surface area contributed by atoms with Gasteiger partial charge in [-0.1, -0.05) is 35.9 Å². The van der Waals surface area contributed by atoms with Crippen LogP contribution in [0.2, 0.25) is 5.02 Å². The van der Waals surface area contributed by atoms with Gasteiger partial charge in [-0.2, -0.15) is 0 Å². The molecule has 0 saturated carbocycles. The number of aryl methyl sites for hydroxylation is 2. The zero-order chi connectivity index (χ0) is 22.5. The molecule has 0 unspecified atom stereocenters. The van der Waals surface area contributed by atoms with Crippen LogP contribution in [-0.2, 0) is 6.42 Å². The second kappa shape index (κ2) is 9.71. The maximum atomic E-state index is 6.99. The molecule has 160 valence electrons. The Hall–Kier alpha value is -3.56. The molecule has 0 amide bonds. The van der Waals surface area contributed by atoms with Crippen LogP contribution >= 0.6 is 11.6 Å². The zero-order valence-corrected chi connectivity index (χ0v) is 18.8. The van der Waals surface area contributed by atoms with E-state index in [0.717, 1.165) is 64.8 Å². The largest absolute Gasteiger partial charge is 0.370 e. The van der Waals surface area contributed by atoms with Crippen LogP contribution in [0, 0.1) is 13.5 Å². The number of nitrogens with one attached hydrogen (secondary N) is 1. The third-order valence-corrected chi connectivity index (χ3v) is 5.50. The van der Waals surface area contributed by atoms with Crippen LogP contribution in [0.5, 0.6) is 0 Å². The molecule has 0 spiro atoms. The summed E-state index contributed by atoms with van der Waals surface area (Å²) in [4.78, 5) is 21.8. The number of allylic oxidation sites excluding steroid dienone is 2. The fraction of sp³-hybridized carbons (Fsp3) is 0.240. The Balaban J connectivity index is 1.52. The first kappa shape index (κ1) is 21.7. The van der Waals surface area contributed by atoms with Gasteiger partial charge in [0.1, 0.15) is 11.6 Å². The first-order valence-corrected chi connectivity index (χ1v) is 10.9. The Morgan fingerprint density at radius 1 is 1.09 bits per heavy atom. The van der Waals surface area contributed by atoms with Crippen molar-refractivity contribution in [2.24, 2.45) is 4.99 Å². The van der Waals surface area contributed by atoms with Gasteiger partial charge >= 0.3 is 0 Å². The summed E-state index contributed by atoms with van der Waals surface area (Å²) < 4.78 is 0. The van der Waals surface area contributed by atoms with Gasteiger partial charge in [-0.25, -0.2) is 14.8 Å². The molecule has 1 aliphatic rings. The molecule has 1 aromatic carbocycles. The van der Waals surface area contributed by atoms with E-state index in [1.807, 2.05) is 44.3 Å². The monoisotopic (exact) mass is 442 g/mol. The number of hydrogen-bond donors (Lipinski definition) is 1. The molecule has 1 N–H and O–H groups in total. The van der Waals surface area contributed by atoms with Crippen LogP contribution in [0.4, 0.5) is 11.5 Å². The topological polar surface area (TPSA) is 67.4 Å². The molecule has 4 rings (SSSR count). The molecular weight excluding hydrogens is 420 g/mol. The van der Waals surface area contributed by atoms with Gasteiger partial charge in [-0.05, 0) is 38.0 Å². The molecule has 0 bridgehead atoms. The summed E-state index contributed by atoms with van der Waals surface area (Å²) in [5.74, 6) is 1.52. The molecule has 0 saturated heterocycles. The maximum Gasteiger partial charge on any atom is 0.205 e. The van der Waals surface area contributed by atoms with Gasteiger partial charge in [0.05, 0.1) is 23.0 Å². The lowest BCUT2D eigenvalue weighted by Crippen LogP contribution is -2.09. The lowest BCUT2D eigenvalue weighted by Gasteiger charge is -2.13. The van der Waals surface area contributed by atoms with Gasteiger partial charge in [0.15, 0.2) is 0 Å². The number of pyridine rings is 1. The second-order valence-corrected chi connectivity index (χ2v) is 8.09. The fourth-order valence-corrected chi connectivity index (χ4v) is 3.83. The number of benzene rings is 1. The Labute approximate surface area is 193 Å². The number of nitrogens with zero attached hydrogens (tertiary/aromatic N) is 5. The average Bonchev–Trinajstić information content (AvgIpc) is 3.23. The number of anilines is 1. The third kappa shape index (κ3) is 5.01. The summed E-state index contributed by atoms with van der Waals surface area (Å²) in [7, 11) is 0. The molecule has 0 aliphatic carbocycles. The normalized spacial score (nSPS) is 12.8. The van der Waals surface area contributed by atoms with E-state index in [9.17, 15) is 0 Å². The van der Waals surface area contributed by atoms with Crippen molar-refractivity contribution in [2.75, 3.05) is 11.9 Å². The van der Waals surface area contributed by atoms with E-state index < -0.39 is 0 Å². The smallest absolute Gasteiger partial charge is 0.205 e. The predicted molar refractivity (Wildman–Crippen MR) is 129 cm³/mol. The molecule has 32 heavy (non-hydrogen) atoms. The van der Waals surface area contributed by atoms with Gasteiger partial charge in [0, 0.05) is 48.6 Å². The SMILES string of the molecule is [C-]#[N+]c1ccc(NCCCc2ncc(C3=NC(C)=CC3)c(-c3ccc(C)cc3Cl)n2)nc1. The van der Waals surface area contributed by atoms with E-state index >= 15 is 0 Å². The van der Waals surface area contributed by atoms with Crippen molar-refractivity contribution in [1.29, 1.82) is 0 Å². The lowest BCUT2D eigenvalue weighted by molar-refractivity contribution is 0.799.